The Hall–Kier alpha value is -3.48. The summed E-state index contributed by atoms with van der Waals surface area (Å²) in [6.45, 7) is 6.94. The van der Waals surface area contributed by atoms with E-state index in [0.717, 1.165) is 67.3 Å². The standard InChI is InChI=1S/C29H32N2O5/c1-29(2)12-11-22-23(36-29)17-24(26-20-9-6-10-21(20)28(33)35-27(22)26)34-18-25(32)31-15-13-30(14-16-31)19-7-4-3-5-8-19/h3-5,7-8,17H,6,9-16,18H2,1-2H3. The molecule has 6 rings (SSSR count). The Bertz CT molecular complexity index is 1370. The van der Waals surface area contributed by atoms with Gasteiger partial charge in [0.15, 0.2) is 6.61 Å². The summed E-state index contributed by atoms with van der Waals surface area (Å²) in [7, 11) is 0. The number of aryl methyl sites for hydroxylation is 2. The molecule has 7 nitrogen and oxygen atoms in total. The van der Waals surface area contributed by atoms with Crippen molar-refractivity contribution >= 4 is 22.6 Å². The third-order valence-electron chi connectivity index (χ3n) is 7.74. The minimum Gasteiger partial charge on any atom is -0.487 e. The van der Waals surface area contributed by atoms with Crippen molar-refractivity contribution in [3.8, 4) is 11.5 Å². The number of hydrogen-bond acceptors (Lipinski definition) is 6. The molecule has 2 aromatic carbocycles. The lowest BCUT2D eigenvalue weighted by Crippen LogP contribution is -2.50. The van der Waals surface area contributed by atoms with Crippen LogP contribution in [-0.2, 0) is 24.1 Å². The normalized spacial score (nSPS) is 18.5. The number of anilines is 1. The van der Waals surface area contributed by atoms with Crippen LogP contribution in [0.2, 0.25) is 0 Å². The zero-order valence-corrected chi connectivity index (χ0v) is 21.0. The predicted octanol–water partition coefficient (Wildman–Crippen LogP) is 4.11. The van der Waals surface area contributed by atoms with Crippen LogP contribution in [0.1, 0.15) is 43.4 Å². The maximum absolute atomic E-state index is 13.1. The van der Waals surface area contributed by atoms with Gasteiger partial charge in [-0.3, -0.25) is 4.79 Å². The van der Waals surface area contributed by atoms with Crippen LogP contribution < -0.4 is 20.0 Å². The molecule has 7 heteroatoms. The first kappa shape index (κ1) is 23.0. The number of rotatable bonds is 4. The van der Waals surface area contributed by atoms with Crippen molar-refractivity contribution in [1.82, 2.24) is 4.90 Å². The number of piperazine rings is 1. The number of para-hydroxylation sites is 1. The molecular formula is C29H32N2O5. The number of fused-ring (bicyclic) bond motifs is 5. The van der Waals surface area contributed by atoms with Gasteiger partial charge >= 0.3 is 5.63 Å². The van der Waals surface area contributed by atoms with Gasteiger partial charge in [-0.15, -0.1) is 0 Å². The SMILES string of the molecule is CC1(C)CCc2c(cc(OCC(=O)N3CCN(c4ccccc4)CC3)c3c4c(c(=O)oc23)CCC4)O1. The Morgan fingerprint density at radius 1 is 1.00 bits per heavy atom. The molecule has 1 amide bonds. The Morgan fingerprint density at radius 2 is 1.75 bits per heavy atom. The van der Waals surface area contributed by atoms with Gasteiger partial charge in [0.05, 0.1) is 5.39 Å². The minimum atomic E-state index is -0.316. The van der Waals surface area contributed by atoms with E-state index >= 15 is 0 Å². The highest BCUT2D eigenvalue weighted by Gasteiger charge is 2.33. The maximum Gasteiger partial charge on any atom is 0.339 e. The Kier molecular flexibility index (Phi) is 5.66. The second kappa shape index (κ2) is 8.87. The molecule has 1 aliphatic carbocycles. The van der Waals surface area contributed by atoms with E-state index in [-0.39, 0.29) is 23.7 Å². The van der Waals surface area contributed by atoms with Crippen molar-refractivity contribution < 1.29 is 18.7 Å². The number of carbonyl (C=O) groups is 1. The molecule has 2 aliphatic heterocycles. The van der Waals surface area contributed by atoms with Gasteiger partial charge in [0.25, 0.3) is 5.91 Å². The largest absolute Gasteiger partial charge is 0.487 e. The fourth-order valence-electron chi connectivity index (χ4n) is 5.75. The molecule has 0 N–H and O–H groups in total. The van der Waals surface area contributed by atoms with Crippen molar-refractivity contribution in [3.05, 3.63) is 63.5 Å². The molecule has 0 atom stereocenters. The summed E-state index contributed by atoms with van der Waals surface area (Å²) in [4.78, 5) is 30.0. The van der Waals surface area contributed by atoms with Gasteiger partial charge in [0.1, 0.15) is 22.7 Å². The van der Waals surface area contributed by atoms with Crippen molar-refractivity contribution in [1.29, 1.82) is 0 Å². The lowest BCUT2D eigenvalue weighted by atomic mass is 9.91. The molecule has 1 aromatic heterocycles. The van der Waals surface area contributed by atoms with Gasteiger partial charge in [-0.25, -0.2) is 4.79 Å². The van der Waals surface area contributed by atoms with Gasteiger partial charge in [0.2, 0.25) is 0 Å². The highest BCUT2D eigenvalue weighted by atomic mass is 16.5. The molecule has 1 fully saturated rings. The summed E-state index contributed by atoms with van der Waals surface area (Å²) >= 11 is 0. The summed E-state index contributed by atoms with van der Waals surface area (Å²) in [5.41, 5.74) is 3.84. The molecule has 3 aliphatic rings. The van der Waals surface area contributed by atoms with Crippen molar-refractivity contribution in [2.45, 2.75) is 51.6 Å². The molecule has 0 unspecified atom stereocenters. The number of carbonyl (C=O) groups excluding carboxylic acids is 1. The van der Waals surface area contributed by atoms with Gasteiger partial charge in [-0.1, -0.05) is 18.2 Å². The van der Waals surface area contributed by atoms with E-state index in [1.807, 2.05) is 29.2 Å². The molecule has 3 aromatic rings. The summed E-state index contributed by atoms with van der Waals surface area (Å²) in [6, 6.07) is 12.2. The quantitative estimate of drug-likeness (QED) is 0.515. The number of hydrogen-bond donors (Lipinski definition) is 0. The Morgan fingerprint density at radius 3 is 2.53 bits per heavy atom. The van der Waals surface area contributed by atoms with Gasteiger partial charge in [-0.05, 0) is 63.6 Å². The van der Waals surface area contributed by atoms with E-state index in [1.165, 1.54) is 5.69 Å². The van der Waals surface area contributed by atoms with Crippen molar-refractivity contribution in [2.75, 3.05) is 37.7 Å². The first-order valence-electron chi connectivity index (χ1n) is 12.9. The number of ether oxygens (including phenoxy) is 2. The molecule has 0 bridgehead atoms. The molecule has 0 spiro atoms. The Labute approximate surface area is 210 Å². The van der Waals surface area contributed by atoms with E-state index in [4.69, 9.17) is 13.9 Å². The van der Waals surface area contributed by atoms with Crippen LogP contribution in [0, 0.1) is 0 Å². The number of benzene rings is 2. The van der Waals surface area contributed by atoms with Crippen molar-refractivity contribution in [2.24, 2.45) is 0 Å². The average molecular weight is 489 g/mol. The van der Waals surface area contributed by atoms with E-state index in [2.05, 4.69) is 30.9 Å². The van der Waals surface area contributed by atoms with Gasteiger partial charge in [-0.2, -0.15) is 0 Å². The highest BCUT2D eigenvalue weighted by Crippen LogP contribution is 2.44. The Balaban J connectivity index is 1.25. The van der Waals surface area contributed by atoms with Crippen LogP contribution in [-0.4, -0.2) is 49.2 Å². The van der Waals surface area contributed by atoms with Crippen LogP contribution in [0.15, 0.2) is 45.6 Å². The molecule has 3 heterocycles. The van der Waals surface area contributed by atoms with E-state index in [0.29, 0.717) is 30.2 Å². The maximum atomic E-state index is 13.1. The van der Waals surface area contributed by atoms with Crippen LogP contribution in [0.3, 0.4) is 0 Å². The van der Waals surface area contributed by atoms with Crippen molar-refractivity contribution in [3.63, 3.8) is 0 Å². The second-order valence-electron chi connectivity index (χ2n) is 10.6. The summed E-state index contributed by atoms with van der Waals surface area (Å²) < 4.78 is 18.3. The zero-order chi connectivity index (χ0) is 24.9. The molecule has 0 radical (unpaired) electrons. The monoisotopic (exact) mass is 488 g/mol. The predicted molar refractivity (Wildman–Crippen MR) is 138 cm³/mol. The second-order valence-corrected chi connectivity index (χ2v) is 10.6. The van der Waals surface area contributed by atoms with Crippen LogP contribution >= 0.6 is 0 Å². The van der Waals surface area contributed by atoms with E-state index in [1.54, 1.807) is 0 Å². The molecule has 0 saturated carbocycles. The summed E-state index contributed by atoms with van der Waals surface area (Å²) in [6.07, 6.45) is 4.06. The lowest BCUT2D eigenvalue weighted by Gasteiger charge is -2.36. The first-order chi connectivity index (χ1) is 17.4. The molecule has 36 heavy (non-hydrogen) atoms. The smallest absolute Gasteiger partial charge is 0.339 e. The summed E-state index contributed by atoms with van der Waals surface area (Å²) in [5, 5.41) is 0.839. The zero-order valence-electron chi connectivity index (χ0n) is 21.0. The third kappa shape index (κ3) is 4.10. The topological polar surface area (TPSA) is 72.2 Å². The average Bonchev–Trinajstić information content (AvgIpc) is 3.38. The molecule has 188 valence electrons. The van der Waals surface area contributed by atoms with Crippen LogP contribution in [0.5, 0.6) is 11.5 Å². The fourth-order valence-corrected chi connectivity index (χ4v) is 5.75. The summed E-state index contributed by atoms with van der Waals surface area (Å²) in [5.74, 6) is 1.21. The lowest BCUT2D eigenvalue weighted by molar-refractivity contribution is -0.133. The van der Waals surface area contributed by atoms with Crippen LogP contribution in [0.4, 0.5) is 5.69 Å². The third-order valence-corrected chi connectivity index (χ3v) is 7.74. The van der Waals surface area contributed by atoms with E-state index < -0.39 is 0 Å². The first-order valence-corrected chi connectivity index (χ1v) is 12.9. The number of nitrogens with zero attached hydrogens (tertiary/aromatic N) is 2. The highest BCUT2D eigenvalue weighted by molar-refractivity contribution is 5.93. The molecular weight excluding hydrogens is 456 g/mol. The molecule has 1 saturated heterocycles. The van der Waals surface area contributed by atoms with Gasteiger partial charge in [0, 0.05) is 49.1 Å². The van der Waals surface area contributed by atoms with Gasteiger partial charge < -0.3 is 23.7 Å². The fraction of sp³-hybridized carbons (Fsp3) is 0.448. The minimum absolute atomic E-state index is 0.0381. The van der Waals surface area contributed by atoms with E-state index in [9.17, 15) is 9.59 Å². The van der Waals surface area contributed by atoms with Crippen LogP contribution in [0.25, 0.3) is 11.0 Å². The number of amides is 1.